The van der Waals surface area contributed by atoms with Crippen molar-refractivity contribution in [2.45, 2.75) is 39.2 Å². The monoisotopic (exact) mass is 422 g/mol. The Balaban J connectivity index is 1.97. The fraction of sp³-hybridized carbons (Fsp3) is 0.333. The summed E-state index contributed by atoms with van der Waals surface area (Å²) in [7, 11) is 0. The highest BCUT2D eigenvalue weighted by Crippen LogP contribution is 2.28. The number of carbonyl (C=O) groups is 2. The molecule has 0 radical (unpaired) electrons. The molecule has 2 amide bonds. The lowest BCUT2D eigenvalue weighted by Crippen LogP contribution is -2.49. The molecule has 0 aliphatic rings. The van der Waals surface area contributed by atoms with Gasteiger partial charge in [0.2, 0.25) is 0 Å². The zero-order valence-corrected chi connectivity index (χ0v) is 17.7. The van der Waals surface area contributed by atoms with Gasteiger partial charge in [0.1, 0.15) is 5.75 Å². The van der Waals surface area contributed by atoms with Gasteiger partial charge in [0.05, 0.1) is 11.6 Å². The van der Waals surface area contributed by atoms with Crippen molar-refractivity contribution in [3.05, 3.63) is 58.1 Å². The van der Waals surface area contributed by atoms with E-state index in [0.29, 0.717) is 34.5 Å². The lowest BCUT2D eigenvalue weighted by Gasteiger charge is -2.26. The van der Waals surface area contributed by atoms with Gasteiger partial charge in [0.15, 0.2) is 0 Å². The van der Waals surface area contributed by atoms with Gasteiger partial charge in [-0.25, -0.2) is 0 Å². The normalized spacial score (nSPS) is 11.0. The minimum absolute atomic E-state index is 0.366. The van der Waals surface area contributed by atoms with Gasteiger partial charge in [-0.2, -0.15) is 0 Å². The summed E-state index contributed by atoms with van der Waals surface area (Å²) in [4.78, 5) is 24.6. The molecule has 2 N–H and O–H groups in total. The first-order valence-electron chi connectivity index (χ1n) is 9.01. The molecule has 150 valence electrons. The zero-order valence-electron chi connectivity index (χ0n) is 16.1. The lowest BCUT2D eigenvalue weighted by atomic mass is 9.95. The van der Waals surface area contributed by atoms with Gasteiger partial charge in [-0.05, 0) is 56.5 Å². The highest BCUT2D eigenvalue weighted by Gasteiger charge is 2.25. The van der Waals surface area contributed by atoms with Gasteiger partial charge in [-0.1, -0.05) is 48.3 Å². The maximum absolute atomic E-state index is 12.3. The van der Waals surface area contributed by atoms with Crippen LogP contribution in [0.2, 0.25) is 10.0 Å². The van der Waals surface area contributed by atoms with Crippen molar-refractivity contribution in [1.29, 1.82) is 0 Å². The third kappa shape index (κ3) is 6.43. The number of hydrogen-bond acceptors (Lipinski definition) is 3. The summed E-state index contributed by atoms with van der Waals surface area (Å²) >= 11 is 12.3. The van der Waals surface area contributed by atoms with E-state index in [9.17, 15) is 9.59 Å². The molecule has 0 aliphatic heterocycles. The van der Waals surface area contributed by atoms with E-state index in [1.54, 1.807) is 24.3 Å². The highest BCUT2D eigenvalue weighted by atomic mass is 35.5. The van der Waals surface area contributed by atoms with Crippen LogP contribution < -0.4 is 15.4 Å². The summed E-state index contributed by atoms with van der Waals surface area (Å²) in [5.74, 6) is -0.975. The number of rotatable bonds is 7. The van der Waals surface area contributed by atoms with E-state index in [-0.39, 0.29) is 0 Å². The Labute approximate surface area is 175 Å². The molecule has 0 bridgehead atoms. The van der Waals surface area contributed by atoms with Crippen molar-refractivity contribution in [1.82, 2.24) is 5.32 Å². The Kier molecular flexibility index (Phi) is 7.72. The van der Waals surface area contributed by atoms with Crippen molar-refractivity contribution in [2.75, 3.05) is 11.9 Å². The number of hydrogen-bond donors (Lipinski definition) is 2. The summed E-state index contributed by atoms with van der Waals surface area (Å²) in [5, 5.41) is 6.27. The van der Waals surface area contributed by atoms with Gasteiger partial charge < -0.3 is 15.4 Å². The van der Waals surface area contributed by atoms with Crippen molar-refractivity contribution < 1.29 is 14.3 Å². The Morgan fingerprint density at radius 2 is 1.75 bits per heavy atom. The van der Waals surface area contributed by atoms with Crippen LogP contribution in [-0.2, 0) is 16.0 Å². The topological polar surface area (TPSA) is 67.4 Å². The van der Waals surface area contributed by atoms with Crippen LogP contribution in [0.15, 0.2) is 42.5 Å². The van der Waals surface area contributed by atoms with Gasteiger partial charge in [0, 0.05) is 16.2 Å². The fourth-order valence-corrected chi connectivity index (χ4v) is 3.06. The molecule has 2 rings (SSSR count). The van der Waals surface area contributed by atoms with Crippen molar-refractivity contribution in [3.63, 3.8) is 0 Å². The van der Waals surface area contributed by atoms with E-state index in [2.05, 4.69) is 10.6 Å². The third-order valence-corrected chi connectivity index (χ3v) is 4.56. The number of carbonyl (C=O) groups excluding carboxylic acids is 2. The Morgan fingerprint density at radius 1 is 1.04 bits per heavy atom. The SMILES string of the molecule is CCCOc1ccc(NC(=O)C(=O)NC(C)(C)Cc2ccccc2Cl)cc1Cl. The van der Waals surface area contributed by atoms with Crippen LogP contribution in [0, 0.1) is 0 Å². The van der Waals surface area contributed by atoms with Gasteiger partial charge in [0.25, 0.3) is 0 Å². The third-order valence-electron chi connectivity index (χ3n) is 3.90. The number of nitrogens with one attached hydrogen (secondary N) is 2. The molecule has 7 heteroatoms. The van der Waals surface area contributed by atoms with E-state index >= 15 is 0 Å². The van der Waals surface area contributed by atoms with Crippen molar-refractivity contribution in [3.8, 4) is 5.75 Å². The molecule has 2 aromatic carbocycles. The molecule has 0 saturated heterocycles. The van der Waals surface area contributed by atoms with Crippen LogP contribution in [-0.4, -0.2) is 24.0 Å². The first-order valence-corrected chi connectivity index (χ1v) is 9.76. The summed E-state index contributed by atoms with van der Waals surface area (Å²) in [5.41, 5.74) is 0.650. The molecule has 0 heterocycles. The molecule has 5 nitrogen and oxygen atoms in total. The van der Waals surface area contributed by atoms with E-state index in [1.165, 1.54) is 0 Å². The summed E-state index contributed by atoms with van der Waals surface area (Å²) in [6.45, 7) is 6.21. The molecule has 0 aromatic heterocycles. The number of benzene rings is 2. The molecule has 0 unspecified atom stereocenters. The maximum Gasteiger partial charge on any atom is 0.313 e. The standard InChI is InChI=1S/C21H24Cl2N2O3/c1-4-11-28-18-10-9-15(12-17(18)23)24-19(26)20(27)25-21(2,3)13-14-7-5-6-8-16(14)22/h5-10,12H,4,11,13H2,1-3H3,(H,24,26)(H,25,27). The molecule has 0 saturated carbocycles. The van der Waals surface area contributed by atoms with Crippen LogP contribution in [0.5, 0.6) is 5.75 Å². The average Bonchev–Trinajstić information content (AvgIpc) is 2.62. The number of halogens is 2. The number of ether oxygens (including phenoxy) is 1. The first-order chi connectivity index (χ1) is 13.2. The van der Waals surface area contributed by atoms with E-state index in [1.807, 2.05) is 39.0 Å². The first kappa shape index (κ1) is 22.1. The van der Waals surface area contributed by atoms with Crippen LogP contribution in [0.3, 0.4) is 0 Å². The highest BCUT2D eigenvalue weighted by molar-refractivity contribution is 6.40. The van der Waals surface area contributed by atoms with Crippen molar-refractivity contribution >= 4 is 40.7 Å². The molecular weight excluding hydrogens is 399 g/mol. The molecular formula is C21H24Cl2N2O3. The van der Waals surface area contributed by atoms with Crippen LogP contribution >= 0.6 is 23.2 Å². The Bertz CT molecular complexity index is 853. The number of anilines is 1. The average molecular weight is 423 g/mol. The minimum atomic E-state index is -0.773. The summed E-state index contributed by atoms with van der Waals surface area (Å²) in [6, 6.07) is 12.2. The Morgan fingerprint density at radius 3 is 2.39 bits per heavy atom. The predicted octanol–water partition coefficient (Wildman–Crippen LogP) is 4.86. The van der Waals surface area contributed by atoms with E-state index < -0.39 is 17.4 Å². The van der Waals surface area contributed by atoms with Crippen molar-refractivity contribution in [2.24, 2.45) is 0 Å². The second kappa shape index (κ2) is 9.80. The smallest absolute Gasteiger partial charge is 0.313 e. The molecule has 28 heavy (non-hydrogen) atoms. The molecule has 0 fully saturated rings. The lowest BCUT2D eigenvalue weighted by molar-refractivity contribution is -0.137. The van der Waals surface area contributed by atoms with E-state index in [4.69, 9.17) is 27.9 Å². The largest absolute Gasteiger partial charge is 0.492 e. The molecule has 0 spiro atoms. The zero-order chi connectivity index (χ0) is 20.7. The minimum Gasteiger partial charge on any atom is -0.492 e. The number of amides is 2. The summed E-state index contributed by atoms with van der Waals surface area (Å²) in [6.07, 6.45) is 1.35. The van der Waals surface area contributed by atoms with Crippen LogP contribution in [0.25, 0.3) is 0 Å². The summed E-state index contributed by atoms with van der Waals surface area (Å²) < 4.78 is 5.49. The maximum atomic E-state index is 12.3. The van der Waals surface area contributed by atoms with Gasteiger partial charge in [-0.15, -0.1) is 0 Å². The molecule has 0 aliphatic carbocycles. The molecule has 2 aromatic rings. The van der Waals surface area contributed by atoms with Crippen LogP contribution in [0.4, 0.5) is 5.69 Å². The second-order valence-corrected chi connectivity index (χ2v) is 7.87. The second-order valence-electron chi connectivity index (χ2n) is 7.05. The van der Waals surface area contributed by atoms with E-state index in [0.717, 1.165) is 12.0 Å². The van der Waals surface area contributed by atoms with Gasteiger partial charge in [-0.3, -0.25) is 9.59 Å². The fourth-order valence-electron chi connectivity index (χ4n) is 2.62. The van der Waals surface area contributed by atoms with Crippen LogP contribution in [0.1, 0.15) is 32.8 Å². The predicted molar refractivity (Wildman–Crippen MR) is 113 cm³/mol. The van der Waals surface area contributed by atoms with Gasteiger partial charge >= 0.3 is 11.8 Å². The molecule has 0 atom stereocenters. The Hall–Kier alpha value is -2.24. The quantitative estimate of drug-likeness (QED) is 0.626.